The Kier molecular flexibility index (Phi) is 5.18. The molecule has 1 aliphatic rings. The standard InChI is InChI=1S/C19H23N5O3S2/c1-4-15-12-17(25)24-18(20-15)28-19(21-24)22-7-9-23(10-8-22)29(26,27)16-6-5-13(2)11-14(16)3/h5-6,11-12H,4,7-10H2,1-3H3. The molecule has 10 heteroatoms. The van der Waals surface area contributed by atoms with Crippen LogP contribution in [-0.2, 0) is 16.4 Å². The molecule has 3 heterocycles. The summed E-state index contributed by atoms with van der Waals surface area (Å²) in [6.45, 7) is 7.49. The lowest BCUT2D eigenvalue weighted by Gasteiger charge is -2.33. The Balaban J connectivity index is 1.54. The summed E-state index contributed by atoms with van der Waals surface area (Å²) in [6, 6.07) is 6.90. The average Bonchev–Trinajstić information content (AvgIpc) is 3.12. The van der Waals surface area contributed by atoms with Gasteiger partial charge in [0.15, 0.2) is 0 Å². The molecule has 0 amide bonds. The third-order valence-corrected chi connectivity index (χ3v) is 8.14. The van der Waals surface area contributed by atoms with Gasteiger partial charge in [-0.15, -0.1) is 5.10 Å². The second-order valence-corrected chi connectivity index (χ2v) is 10.0. The molecule has 0 radical (unpaired) electrons. The number of anilines is 1. The van der Waals surface area contributed by atoms with Gasteiger partial charge in [0.2, 0.25) is 20.1 Å². The highest BCUT2D eigenvalue weighted by Crippen LogP contribution is 2.26. The van der Waals surface area contributed by atoms with Gasteiger partial charge < -0.3 is 4.90 Å². The summed E-state index contributed by atoms with van der Waals surface area (Å²) in [5.41, 5.74) is 2.35. The third kappa shape index (κ3) is 3.67. The monoisotopic (exact) mass is 433 g/mol. The Morgan fingerprint density at radius 2 is 1.83 bits per heavy atom. The molecule has 0 unspecified atom stereocenters. The maximum absolute atomic E-state index is 13.1. The molecular weight excluding hydrogens is 410 g/mol. The molecule has 154 valence electrons. The summed E-state index contributed by atoms with van der Waals surface area (Å²) in [6.07, 6.45) is 0.688. The second kappa shape index (κ2) is 7.51. The summed E-state index contributed by atoms with van der Waals surface area (Å²) in [5, 5.41) is 5.09. The first-order valence-corrected chi connectivity index (χ1v) is 11.8. The molecule has 0 spiro atoms. The van der Waals surface area contributed by atoms with Crippen LogP contribution in [0.4, 0.5) is 5.13 Å². The van der Waals surface area contributed by atoms with E-state index in [1.807, 2.05) is 37.8 Å². The van der Waals surface area contributed by atoms with Gasteiger partial charge in [-0.3, -0.25) is 4.79 Å². The Morgan fingerprint density at radius 1 is 1.10 bits per heavy atom. The molecule has 3 aromatic rings. The number of hydrogen-bond acceptors (Lipinski definition) is 7. The van der Waals surface area contributed by atoms with Crippen molar-refractivity contribution in [2.75, 3.05) is 31.1 Å². The molecule has 0 bridgehead atoms. The minimum atomic E-state index is -3.53. The minimum absolute atomic E-state index is 0.189. The van der Waals surface area contributed by atoms with E-state index in [-0.39, 0.29) is 5.56 Å². The topological polar surface area (TPSA) is 87.9 Å². The number of sulfonamides is 1. The summed E-state index contributed by atoms with van der Waals surface area (Å²) >= 11 is 1.36. The maximum Gasteiger partial charge on any atom is 0.275 e. The third-order valence-electron chi connectivity index (χ3n) is 5.11. The van der Waals surface area contributed by atoms with Gasteiger partial charge in [0.1, 0.15) is 0 Å². The van der Waals surface area contributed by atoms with Gasteiger partial charge in [-0.1, -0.05) is 36.0 Å². The van der Waals surface area contributed by atoms with Gasteiger partial charge in [0.05, 0.1) is 4.90 Å². The van der Waals surface area contributed by atoms with Crippen LogP contribution in [0.25, 0.3) is 4.96 Å². The van der Waals surface area contributed by atoms with Crippen LogP contribution in [0.2, 0.25) is 0 Å². The van der Waals surface area contributed by atoms with Crippen molar-refractivity contribution < 1.29 is 8.42 Å². The number of piperazine rings is 1. The van der Waals surface area contributed by atoms with Gasteiger partial charge in [-0.2, -0.15) is 8.82 Å². The highest BCUT2D eigenvalue weighted by Gasteiger charge is 2.30. The van der Waals surface area contributed by atoms with Crippen molar-refractivity contribution in [2.45, 2.75) is 32.1 Å². The first-order valence-electron chi connectivity index (χ1n) is 9.52. The van der Waals surface area contributed by atoms with Crippen molar-refractivity contribution in [1.29, 1.82) is 0 Å². The zero-order valence-corrected chi connectivity index (χ0v) is 18.3. The van der Waals surface area contributed by atoms with Crippen molar-refractivity contribution in [3.8, 4) is 0 Å². The zero-order chi connectivity index (χ0) is 20.8. The number of benzene rings is 1. The number of aryl methyl sites for hydroxylation is 3. The first kappa shape index (κ1) is 20.0. The van der Waals surface area contributed by atoms with Crippen LogP contribution >= 0.6 is 11.3 Å². The Morgan fingerprint density at radius 3 is 2.48 bits per heavy atom. The van der Waals surface area contributed by atoms with E-state index < -0.39 is 10.0 Å². The molecule has 0 saturated carbocycles. The lowest BCUT2D eigenvalue weighted by molar-refractivity contribution is 0.384. The van der Waals surface area contributed by atoms with Crippen LogP contribution in [-0.4, -0.2) is 53.5 Å². The lowest BCUT2D eigenvalue weighted by Crippen LogP contribution is -2.48. The maximum atomic E-state index is 13.1. The van der Waals surface area contributed by atoms with Crippen LogP contribution in [0.5, 0.6) is 0 Å². The van der Waals surface area contributed by atoms with E-state index in [1.54, 1.807) is 6.07 Å². The fourth-order valence-corrected chi connectivity index (χ4v) is 6.11. The van der Waals surface area contributed by atoms with Crippen molar-refractivity contribution in [3.05, 3.63) is 51.4 Å². The van der Waals surface area contributed by atoms with Gasteiger partial charge in [0, 0.05) is 37.9 Å². The van der Waals surface area contributed by atoms with Gasteiger partial charge in [-0.05, 0) is 31.9 Å². The Labute approximate surface area is 173 Å². The van der Waals surface area contributed by atoms with E-state index in [9.17, 15) is 13.2 Å². The van der Waals surface area contributed by atoms with Crippen molar-refractivity contribution in [3.63, 3.8) is 0 Å². The molecule has 8 nitrogen and oxygen atoms in total. The molecule has 0 atom stereocenters. The molecule has 0 N–H and O–H groups in total. The molecule has 1 saturated heterocycles. The van der Waals surface area contributed by atoms with Crippen molar-refractivity contribution in [2.24, 2.45) is 0 Å². The number of rotatable bonds is 4. The van der Waals surface area contributed by atoms with Crippen LogP contribution in [0.1, 0.15) is 23.7 Å². The first-order chi connectivity index (χ1) is 13.8. The molecule has 1 aromatic carbocycles. The van der Waals surface area contributed by atoms with E-state index in [2.05, 4.69) is 10.1 Å². The van der Waals surface area contributed by atoms with Crippen LogP contribution in [0.15, 0.2) is 34.0 Å². The molecular formula is C19H23N5O3S2. The quantitative estimate of drug-likeness (QED) is 0.624. The highest BCUT2D eigenvalue weighted by atomic mass is 32.2. The highest BCUT2D eigenvalue weighted by molar-refractivity contribution is 7.89. The van der Waals surface area contributed by atoms with Crippen molar-refractivity contribution >= 4 is 31.5 Å². The van der Waals surface area contributed by atoms with E-state index in [0.29, 0.717) is 47.6 Å². The SMILES string of the molecule is CCc1cc(=O)n2nc(N3CCN(S(=O)(=O)c4ccc(C)cc4C)CC3)sc2n1. The predicted octanol–water partition coefficient (Wildman–Crippen LogP) is 1.84. The Hall–Kier alpha value is -2.30. The smallest absolute Gasteiger partial charge is 0.275 e. The average molecular weight is 434 g/mol. The largest absolute Gasteiger partial charge is 0.344 e. The number of aromatic nitrogens is 3. The molecule has 2 aromatic heterocycles. The summed E-state index contributed by atoms with van der Waals surface area (Å²) in [4.78, 5) is 19.6. The van der Waals surface area contributed by atoms with Crippen LogP contribution in [0.3, 0.4) is 0 Å². The van der Waals surface area contributed by atoms with E-state index >= 15 is 0 Å². The molecule has 4 rings (SSSR count). The number of nitrogens with zero attached hydrogens (tertiary/aromatic N) is 5. The molecule has 1 aliphatic heterocycles. The Bertz CT molecular complexity index is 1220. The normalized spacial score (nSPS) is 15.9. The van der Waals surface area contributed by atoms with E-state index in [4.69, 9.17) is 0 Å². The lowest BCUT2D eigenvalue weighted by atomic mass is 10.2. The van der Waals surface area contributed by atoms with E-state index in [0.717, 1.165) is 16.8 Å². The summed E-state index contributed by atoms with van der Waals surface area (Å²) in [7, 11) is -3.53. The van der Waals surface area contributed by atoms with Crippen molar-refractivity contribution in [1.82, 2.24) is 18.9 Å². The zero-order valence-electron chi connectivity index (χ0n) is 16.6. The van der Waals surface area contributed by atoms with Gasteiger partial charge >= 0.3 is 0 Å². The van der Waals surface area contributed by atoms with Crippen LogP contribution < -0.4 is 10.5 Å². The van der Waals surface area contributed by atoms with Gasteiger partial charge in [-0.25, -0.2) is 13.4 Å². The number of hydrogen-bond donors (Lipinski definition) is 0. The number of fused-ring (bicyclic) bond motifs is 1. The molecule has 29 heavy (non-hydrogen) atoms. The van der Waals surface area contributed by atoms with Gasteiger partial charge in [0.25, 0.3) is 5.56 Å². The molecule has 0 aliphatic carbocycles. The predicted molar refractivity (Wildman–Crippen MR) is 113 cm³/mol. The fraction of sp³-hybridized carbons (Fsp3) is 0.421. The molecule has 1 fully saturated rings. The van der Waals surface area contributed by atoms with E-state index in [1.165, 1.54) is 26.2 Å². The summed E-state index contributed by atoms with van der Waals surface area (Å²) in [5.74, 6) is 0. The summed E-state index contributed by atoms with van der Waals surface area (Å²) < 4.78 is 29.0. The van der Waals surface area contributed by atoms with Crippen LogP contribution in [0, 0.1) is 13.8 Å². The second-order valence-electron chi connectivity index (χ2n) is 7.18. The fourth-order valence-electron chi connectivity index (χ4n) is 3.50. The minimum Gasteiger partial charge on any atom is -0.344 e.